The number of carbonyl (C=O) groups excluding carboxylic acids is 3. The summed E-state index contributed by atoms with van der Waals surface area (Å²) in [6, 6.07) is 36.1. The van der Waals surface area contributed by atoms with Crippen LogP contribution in [0.2, 0.25) is 0 Å². The van der Waals surface area contributed by atoms with Crippen molar-refractivity contribution >= 4 is 84.9 Å². The molecule has 0 radical (unpaired) electrons. The second kappa shape index (κ2) is 35.1. The first-order chi connectivity index (χ1) is 55.3. The molecular formula is C87H99N21O5. The summed E-state index contributed by atoms with van der Waals surface area (Å²) in [5.74, 6) is 4.35. The normalized spacial score (nSPS) is 17.2. The third-order valence-electron chi connectivity index (χ3n) is 22.9. The number of anilines is 6. The van der Waals surface area contributed by atoms with E-state index in [0.29, 0.717) is 34.1 Å². The van der Waals surface area contributed by atoms with Crippen LogP contribution in [0.5, 0.6) is 0 Å². The maximum Gasteiger partial charge on any atom is 0.276 e. The summed E-state index contributed by atoms with van der Waals surface area (Å²) in [7, 11) is 0. The first-order valence-electron chi connectivity index (χ1n) is 40.0. The van der Waals surface area contributed by atoms with Crippen molar-refractivity contribution in [3.05, 3.63) is 199 Å². The molecular weight excluding hydrogens is 1420 g/mol. The molecule has 0 unspecified atom stereocenters. The number of aliphatic hydroxyl groups is 1. The van der Waals surface area contributed by atoms with Crippen molar-refractivity contribution in [2.24, 2.45) is 17.8 Å². The number of ether oxygens (including phenoxy) is 1. The summed E-state index contributed by atoms with van der Waals surface area (Å²) in [6.07, 6.45) is 26.3. The molecule has 0 saturated carbocycles. The number of pyridine rings is 6. The summed E-state index contributed by atoms with van der Waals surface area (Å²) in [6.45, 7) is 23.1. The van der Waals surface area contributed by atoms with Gasteiger partial charge >= 0.3 is 0 Å². The van der Waals surface area contributed by atoms with E-state index in [0.717, 1.165) is 237 Å². The average Bonchev–Trinajstić information content (AvgIpc) is 1.76. The number of likely N-dealkylation sites (tertiary alicyclic amines) is 2. The zero-order valence-electron chi connectivity index (χ0n) is 64.6. The number of aromatic amines is 3. The van der Waals surface area contributed by atoms with Gasteiger partial charge in [-0.1, -0.05) is 39.0 Å². The standard InChI is InChI=1S/C30H35N7O2.C29H33N7O2.C28H31N7O/c1-20-6-12-37(13-7-20)28-5-3-24(18-32-28)33-30(39)29-26-15-22(2-4-27(26)34-35-29)23-14-21(16-31-17-23)19-36-10-8-25(38)9-11-36;1-20-6-8-36(9-7-20)27-5-3-24(18-31-27)32-29(37)28-25-15-22(2-4-26(25)33-34-28)23-14-21(16-30-17-23)19-35-10-12-38-13-11-35;1-19-7-11-35(12-8-19)26-6-4-23(17-30-26)31-28(36)27-24-14-21(3-5-25(24)32-33-27)22-13-20(15-29-16-22)18-34-9-2-10-34/h2-5,14-18,20,25,38H,6-13,19H2,1H3,(H,33,39)(H,34,35);2-5,14-18,20H,6-13,19H2,1H3,(H,32,37)(H,33,34);3-6,13-17,19H,2,7-12,18H2,1H3,(H,31,36)(H,32,33). The van der Waals surface area contributed by atoms with Gasteiger partial charge in [0.15, 0.2) is 17.1 Å². The third kappa shape index (κ3) is 18.7. The number of morpholine rings is 1. The van der Waals surface area contributed by atoms with Crippen molar-refractivity contribution in [1.29, 1.82) is 0 Å². The molecule has 3 amide bonds. The molecule has 12 aromatic rings. The predicted octanol–water partition coefficient (Wildman–Crippen LogP) is 13.5. The van der Waals surface area contributed by atoms with E-state index in [4.69, 9.17) is 4.74 Å². The lowest BCUT2D eigenvalue weighted by Crippen LogP contribution is -2.36. The van der Waals surface area contributed by atoms with Crippen LogP contribution in [0.4, 0.5) is 34.5 Å². The van der Waals surface area contributed by atoms with Crippen LogP contribution in [-0.2, 0) is 24.4 Å². The van der Waals surface area contributed by atoms with E-state index in [1.54, 1.807) is 18.6 Å². The van der Waals surface area contributed by atoms with Crippen LogP contribution in [0.25, 0.3) is 66.1 Å². The topological polar surface area (TPSA) is 300 Å². The number of rotatable bonds is 18. The molecule has 6 saturated heterocycles. The molecule has 0 aliphatic carbocycles. The monoisotopic (exact) mass is 1520 g/mol. The molecule has 113 heavy (non-hydrogen) atoms. The fourth-order valence-corrected chi connectivity index (χ4v) is 15.7. The molecule has 15 heterocycles. The minimum atomic E-state index is -0.279. The zero-order valence-corrected chi connectivity index (χ0v) is 64.6. The molecule has 6 aliphatic heterocycles. The van der Waals surface area contributed by atoms with Gasteiger partial charge in [0, 0.05) is 155 Å². The molecule has 18 rings (SSSR count). The number of benzene rings is 3. The van der Waals surface area contributed by atoms with Crippen LogP contribution >= 0.6 is 0 Å². The first-order valence-corrected chi connectivity index (χ1v) is 40.0. The van der Waals surface area contributed by atoms with Crippen LogP contribution in [0.3, 0.4) is 0 Å². The average molecular weight is 1520 g/mol. The number of carbonyl (C=O) groups is 3. The molecule has 582 valence electrons. The van der Waals surface area contributed by atoms with Gasteiger partial charge in [0.05, 0.1) is 71.5 Å². The van der Waals surface area contributed by atoms with E-state index in [9.17, 15) is 19.5 Å². The van der Waals surface area contributed by atoms with Crippen LogP contribution in [0, 0.1) is 17.8 Å². The highest BCUT2D eigenvalue weighted by atomic mass is 16.5. The number of piperidine rings is 4. The van der Waals surface area contributed by atoms with Crippen molar-refractivity contribution in [1.82, 2.24) is 75.2 Å². The third-order valence-corrected chi connectivity index (χ3v) is 22.9. The van der Waals surface area contributed by atoms with E-state index in [1.807, 2.05) is 128 Å². The Morgan fingerprint density at radius 3 is 1.02 bits per heavy atom. The van der Waals surface area contributed by atoms with Crippen molar-refractivity contribution in [3.8, 4) is 33.4 Å². The number of hydrogen-bond donors (Lipinski definition) is 7. The van der Waals surface area contributed by atoms with Gasteiger partial charge in [0.1, 0.15) is 17.5 Å². The number of H-pyrrole nitrogens is 3. The van der Waals surface area contributed by atoms with E-state index in [2.05, 4.69) is 145 Å². The van der Waals surface area contributed by atoms with Gasteiger partial charge in [-0.05, 0) is 213 Å². The Labute approximate surface area is 657 Å². The van der Waals surface area contributed by atoms with Gasteiger partial charge in [0.2, 0.25) is 0 Å². The van der Waals surface area contributed by atoms with Crippen molar-refractivity contribution < 1.29 is 24.2 Å². The maximum atomic E-state index is 13.2. The lowest BCUT2D eigenvalue weighted by Gasteiger charge is -2.31. The van der Waals surface area contributed by atoms with Gasteiger partial charge in [-0.15, -0.1) is 0 Å². The van der Waals surface area contributed by atoms with Gasteiger partial charge in [-0.3, -0.25) is 59.3 Å². The van der Waals surface area contributed by atoms with Crippen molar-refractivity contribution in [2.75, 3.05) is 122 Å². The van der Waals surface area contributed by atoms with Crippen LogP contribution < -0.4 is 30.7 Å². The highest BCUT2D eigenvalue weighted by Gasteiger charge is 2.26. The fraction of sp³-hybridized carbons (Fsp3) is 0.379. The maximum absolute atomic E-state index is 13.2. The molecule has 7 N–H and O–H groups in total. The number of fused-ring (bicyclic) bond motifs is 3. The molecule has 6 fully saturated rings. The molecule has 9 aromatic heterocycles. The number of aliphatic hydroxyl groups excluding tert-OH is 1. The summed E-state index contributed by atoms with van der Waals surface area (Å²) in [4.78, 5) is 80.7. The Hall–Kier alpha value is -11.4. The molecule has 0 atom stereocenters. The Morgan fingerprint density at radius 1 is 0.381 bits per heavy atom. The van der Waals surface area contributed by atoms with E-state index in [-0.39, 0.29) is 23.8 Å². The van der Waals surface area contributed by atoms with E-state index in [1.165, 1.54) is 50.5 Å². The second-order valence-corrected chi connectivity index (χ2v) is 31.4. The van der Waals surface area contributed by atoms with Gasteiger partial charge in [0.25, 0.3) is 17.7 Å². The smallest absolute Gasteiger partial charge is 0.276 e. The van der Waals surface area contributed by atoms with E-state index >= 15 is 0 Å². The van der Waals surface area contributed by atoms with Crippen LogP contribution in [0.1, 0.15) is 127 Å². The highest BCUT2D eigenvalue weighted by molar-refractivity contribution is 6.13. The SMILES string of the molecule is CC1CCN(c2ccc(NC(=O)c3n[nH]c4ccc(-c5cncc(CN6CCC(O)CC6)c5)cc34)cn2)CC1.CC1CCN(c2ccc(NC(=O)c3n[nH]c4ccc(-c5cncc(CN6CCC6)c5)cc34)cn2)CC1.CC1CCN(c2ccc(NC(=O)c3n[nH]c4ccc(-c5cncc(CN6CCOCC6)c5)cc34)cn2)CC1. The summed E-state index contributed by atoms with van der Waals surface area (Å²) in [5, 5.41) is 42.9. The Morgan fingerprint density at radius 2 is 0.708 bits per heavy atom. The minimum Gasteiger partial charge on any atom is -0.393 e. The minimum absolute atomic E-state index is 0.182. The lowest BCUT2D eigenvalue weighted by molar-refractivity contribution is 0.0341. The molecule has 26 nitrogen and oxygen atoms in total. The molecule has 3 aromatic carbocycles. The first kappa shape index (κ1) is 75.6. The lowest BCUT2D eigenvalue weighted by atomic mass is 9.99. The van der Waals surface area contributed by atoms with E-state index < -0.39 is 0 Å². The van der Waals surface area contributed by atoms with Crippen LogP contribution in [-0.4, -0.2) is 196 Å². The quantitative estimate of drug-likeness (QED) is 0.0420. The number of nitrogens with zero attached hydrogens (tertiary/aromatic N) is 15. The van der Waals surface area contributed by atoms with Crippen molar-refractivity contribution in [3.63, 3.8) is 0 Å². The summed E-state index contributed by atoms with van der Waals surface area (Å²) >= 11 is 0. The summed E-state index contributed by atoms with van der Waals surface area (Å²) < 4.78 is 5.46. The molecule has 0 spiro atoms. The van der Waals surface area contributed by atoms with Crippen molar-refractivity contribution in [2.45, 2.75) is 104 Å². The molecule has 26 heteroatoms. The number of amides is 3. The second-order valence-electron chi connectivity index (χ2n) is 31.4. The number of hydrogen-bond acceptors (Lipinski definition) is 20. The number of aromatic nitrogens is 12. The van der Waals surface area contributed by atoms with Crippen LogP contribution in [0.15, 0.2) is 165 Å². The summed E-state index contributed by atoms with van der Waals surface area (Å²) in [5.41, 5.74) is 14.9. The Bertz CT molecular complexity index is 5240. The molecule has 6 aliphatic rings. The van der Waals surface area contributed by atoms with Gasteiger partial charge < -0.3 is 40.5 Å². The Kier molecular flexibility index (Phi) is 23.5. The largest absolute Gasteiger partial charge is 0.393 e. The number of nitrogens with one attached hydrogen (secondary N) is 6. The Balaban J connectivity index is 0.000000128. The van der Waals surface area contributed by atoms with Gasteiger partial charge in [-0.25, -0.2) is 15.0 Å². The highest BCUT2D eigenvalue weighted by Crippen LogP contribution is 2.33. The van der Waals surface area contributed by atoms with Gasteiger partial charge in [-0.2, -0.15) is 15.3 Å². The molecule has 0 bridgehead atoms. The predicted molar refractivity (Wildman–Crippen MR) is 443 cm³/mol. The zero-order chi connectivity index (χ0) is 77.2. The fourth-order valence-electron chi connectivity index (χ4n) is 15.7.